The number of carbonyl (C=O) groups is 1. The molecule has 1 amide bonds. The van der Waals surface area contributed by atoms with Crippen LogP contribution < -0.4 is 10.9 Å². The van der Waals surface area contributed by atoms with Crippen molar-refractivity contribution < 1.29 is 9.53 Å². The van der Waals surface area contributed by atoms with Crippen molar-refractivity contribution in [2.45, 2.75) is 6.54 Å². The maximum absolute atomic E-state index is 12.8. The van der Waals surface area contributed by atoms with Crippen LogP contribution in [0.25, 0.3) is 10.9 Å². The second-order valence-corrected chi connectivity index (χ2v) is 6.72. The van der Waals surface area contributed by atoms with Gasteiger partial charge < -0.3 is 10.1 Å². The number of benzene rings is 2. The first kappa shape index (κ1) is 19.4. The fourth-order valence-electron chi connectivity index (χ4n) is 2.62. The zero-order valence-electron chi connectivity index (χ0n) is 14.5. The number of carbonyl (C=O) groups excluding carboxylic acids is 1. The average molecular weight is 406 g/mol. The summed E-state index contributed by atoms with van der Waals surface area (Å²) in [4.78, 5) is 29.3. The van der Waals surface area contributed by atoms with E-state index >= 15 is 0 Å². The quantitative estimate of drug-likeness (QED) is 0.639. The van der Waals surface area contributed by atoms with Gasteiger partial charge in [-0.1, -0.05) is 29.3 Å². The minimum Gasteiger partial charge on any atom is -0.383 e. The van der Waals surface area contributed by atoms with Crippen LogP contribution in [0.5, 0.6) is 0 Å². The van der Waals surface area contributed by atoms with Crippen LogP contribution in [-0.2, 0) is 11.3 Å². The highest BCUT2D eigenvalue weighted by Gasteiger charge is 2.10. The Hall–Kier alpha value is -2.41. The monoisotopic (exact) mass is 405 g/mol. The van der Waals surface area contributed by atoms with Gasteiger partial charge in [-0.05, 0) is 35.9 Å². The highest BCUT2D eigenvalue weighted by Crippen LogP contribution is 2.23. The molecule has 0 saturated heterocycles. The maximum atomic E-state index is 12.8. The summed E-state index contributed by atoms with van der Waals surface area (Å²) in [7, 11) is 1.56. The molecule has 1 N–H and O–H groups in total. The van der Waals surface area contributed by atoms with E-state index in [4.69, 9.17) is 27.9 Å². The molecule has 3 rings (SSSR count). The Morgan fingerprint density at radius 1 is 1.19 bits per heavy atom. The fourth-order valence-corrected chi connectivity index (χ4v) is 2.94. The lowest BCUT2D eigenvalue weighted by Gasteiger charge is -2.09. The zero-order chi connectivity index (χ0) is 19.4. The predicted octanol–water partition coefficient (Wildman–Crippen LogP) is 3.13. The summed E-state index contributed by atoms with van der Waals surface area (Å²) < 4.78 is 6.38. The molecule has 0 atom stereocenters. The summed E-state index contributed by atoms with van der Waals surface area (Å²) in [6, 6.07) is 10.0. The van der Waals surface area contributed by atoms with Crippen molar-refractivity contribution in [1.29, 1.82) is 0 Å². The molecule has 0 aliphatic rings. The lowest BCUT2D eigenvalue weighted by atomic mass is 10.1. The van der Waals surface area contributed by atoms with Crippen LogP contribution in [0.15, 0.2) is 47.5 Å². The van der Waals surface area contributed by atoms with Crippen molar-refractivity contribution in [2.75, 3.05) is 20.3 Å². The van der Waals surface area contributed by atoms with Gasteiger partial charge in [-0.3, -0.25) is 14.2 Å². The summed E-state index contributed by atoms with van der Waals surface area (Å²) in [5.74, 6) is -0.270. The lowest BCUT2D eigenvalue weighted by molar-refractivity contribution is 0.0937. The normalized spacial score (nSPS) is 10.9. The van der Waals surface area contributed by atoms with E-state index in [0.29, 0.717) is 46.2 Å². The van der Waals surface area contributed by atoms with Gasteiger partial charge in [-0.15, -0.1) is 0 Å². The predicted molar refractivity (Wildman–Crippen MR) is 106 cm³/mol. The molecule has 0 unspecified atom stereocenters. The number of hydrogen-bond acceptors (Lipinski definition) is 4. The number of nitrogens with one attached hydrogen (secondary N) is 1. The van der Waals surface area contributed by atoms with E-state index < -0.39 is 0 Å². The molecule has 0 aliphatic carbocycles. The topological polar surface area (TPSA) is 73.2 Å². The highest BCUT2D eigenvalue weighted by atomic mass is 35.5. The van der Waals surface area contributed by atoms with Crippen molar-refractivity contribution in [3.8, 4) is 0 Å². The molecular formula is C19H17Cl2N3O3. The van der Waals surface area contributed by atoms with Gasteiger partial charge in [-0.2, -0.15) is 0 Å². The summed E-state index contributed by atoms with van der Waals surface area (Å²) >= 11 is 12.0. The molecule has 0 saturated carbocycles. The number of nitrogens with zero attached hydrogens (tertiary/aromatic N) is 2. The molecule has 27 heavy (non-hydrogen) atoms. The molecule has 0 spiro atoms. The Balaban J connectivity index is 1.91. The second-order valence-electron chi connectivity index (χ2n) is 5.91. The molecule has 1 aromatic heterocycles. The largest absolute Gasteiger partial charge is 0.383 e. The van der Waals surface area contributed by atoms with E-state index in [9.17, 15) is 9.59 Å². The Labute approximate surface area is 165 Å². The first-order valence-electron chi connectivity index (χ1n) is 8.20. The number of rotatable bonds is 6. The molecule has 0 fully saturated rings. The molecule has 140 valence electrons. The summed E-state index contributed by atoms with van der Waals surface area (Å²) in [6.45, 7) is 1.10. The smallest absolute Gasteiger partial charge is 0.261 e. The molecule has 1 heterocycles. The third-order valence-electron chi connectivity index (χ3n) is 4.01. The van der Waals surface area contributed by atoms with Crippen molar-refractivity contribution in [3.05, 3.63) is 74.3 Å². The number of aromatic nitrogens is 2. The Kier molecular flexibility index (Phi) is 6.11. The standard InChI is InChI=1S/C19H17Cl2N3O3/c1-27-7-6-22-18(25)13-3-5-17-14(9-13)19(26)24(11-23-17)10-12-2-4-15(20)16(21)8-12/h2-5,8-9,11H,6-7,10H2,1H3,(H,22,25). The van der Waals surface area contributed by atoms with Crippen LogP contribution in [0.1, 0.15) is 15.9 Å². The van der Waals surface area contributed by atoms with Gasteiger partial charge in [0.15, 0.2) is 0 Å². The van der Waals surface area contributed by atoms with Crippen LogP contribution >= 0.6 is 23.2 Å². The van der Waals surface area contributed by atoms with Crippen LogP contribution in [0.4, 0.5) is 0 Å². The second kappa shape index (κ2) is 8.52. The van der Waals surface area contributed by atoms with Crippen LogP contribution in [0, 0.1) is 0 Å². The molecule has 0 radical (unpaired) electrons. The molecule has 0 bridgehead atoms. The van der Waals surface area contributed by atoms with Crippen LogP contribution in [0.3, 0.4) is 0 Å². The van der Waals surface area contributed by atoms with E-state index in [1.165, 1.54) is 10.9 Å². The molecule has 6 nitrogen and oxygen atoms in total. The van der Waals surface area contributed by atoms with E-state index in [1.807, 2.05) is 0 Å². The maximum Gasteiger partial charge on any atom is 0.261 e. The average Bonchev–Trinajstić information content (AvgIpc) is 2.67. The first-order valence-corrected chi connectivity index (χ1v) is 8.95. The van der Waals surface area contributed by atoms with Gasteiger partial charge in [0.2, 0.25) is 0 Å². The SMILES string of the molecule is COCCNC(=O)c1ccc2ncn(Cc3ccc(Cl)c(Cl)c3)c(=O)c2c1. The number of ether oxygens (including phenoxy) is 1. The molecule has 3 aromatic rings. The Morgan fingerprint density at radius 3 is 2.74 bits per heavy atom. The van der Waals surface area contributed by atoms with Gasteiger partial charge in [-0.25, -0.2) is 4.98 Å². The number of amides is 1. The summed E-state index contributed by atoms with van der Waals surface area (Å²) in [5.41, 5.74) is 1.50. The van der Waals surface area contributed by atoms with Gasteiger partial charge in [0.25, 0.3) is 11.5 Å². The van der Waals surface area contributed by atoms with Crippen molar-refractivity contribution in [3.63, 3.8) is 0 Å². The van der Waals surface area contributed by atoms with Gasteiger partial charge in [0, 0.05) is 19.2 Å². The van der Waals surface area contributed by atoms with E-state index in [0.717, 1.165) is 5.56 Å². The highest BCUT2D eigenvalue weighted by molar-refractivity contribution is 6.42. The van der Waals surface area contributed by atoms with Crippen molar-refractivity contribution in [2.24, 2.45) is 0 Å². The number of hydrogen-bond donors (Lipinski definition) is 1. The van der Waals surface area contributed by atoms with Gasteiger partial charge in [0.1, 0.15) is 0 Å². The zero-order valence-corrected chi connectivity index (χ0v) is 16.0. The van der Waals surface area contributed by atoms with Crippen LogP contribution in [0.2, 0.25) is 10.0 Å². The molecule has 0 aliphatic heterocycles. The van der Waals surface area contributed by atoms with Crippen molar-refractivity contribution in [1.82, 2.24) is 14.9 Å². The number of methoxy groups -OCH3 is 1. The minimum absolute atomic E-state index is 0.238. The third-order valence-corrected chi connectivity index (χ3v) is 4.75. The van der Waals surface area contributed by atoms with Crippen molar-refractivity contribution >= 4 is 40.0 Å². The van der Waals surface area contributed by atoms with Crippen LogP contribution in [-0.4, -0.2) is 35.7 Å². The third kappa shape index (κ3) is 4.47. The summed E-state index contributed by atoms with van der Waals surface area (Å²) in [5, 5.41) is 3.98. The molecule has 2 aromatic carbocycles. The number of halogens is 2. The Morgan fingerprint density at radius 2 is 2.00 bits per heavy atom. The number of fused-ring (bicyclic) bond motifs is 1. The Bertz CT molecular complexity index is 1050. The molecular weight excluding hydrogens is 389 g/mol. The van der Waals surface area contributed by atoms with Gasteiger partial charge >= 0.3 is 0 Å². The molecule has 8 heteroatoms. The minimum atomic E-state index is -0.270. The first-order chi connectivity index (χ1) is 13.0. The van der Waals surface area contributed by atoms with E-state index in [1.54, 1.807) is 43.5 Å². The van der Waals surface area contributed by atoms with E-state index in [-0.39, 0.29) is 11.5 Å². The summed E-state index contributed by atoms with van der Waals surface area (Å²) in [6.07, 6.45) is 1.48. The lowest BCUT2D eigenvalue weighted by Crippen LogP contribution is -2.27. The van der Waals surface area contributed by atoms with Gasteiger partial charge in [0.05, 0.1) is 40.4 Å². The van der Waals surface area contributed by atoms with E-state index in [2.05, 4.69) is 10.3 Å². The fraction of sp³-hybridized carbons (Fsp3) is 0.211.